The van der Waals surface area contributed by atoms with E-state index in [0.717, 1.165) is 12.8 Å². The standard InChI is InChI=1S/C22H34N2/c1-7-21(8-2)14-17(12-13-22(21,23)24)19-11-9-10-18(15(3)4)20(19)16(5)6/h9-16H,7-8,23-24H2,1-6H3. The molecular formula is C22H34N2. The van der Waals surface area contributed by atoms with Crippen molar-refractivity contribution < 1.29 is 0 Å². The second-order valence-electron chi connectivity index (χ2n) is 7.85. The summed E-state index contributed by atoms with van der Waals surface area (Å²) in [5.41, 5.74) is 17.4. The van der Waals surface area contributed by atoms with Gasteiger partial charge in [0.15, 0.2) is 0 Å². The van der Waals surface area contributed by atoms with Gasteiger partial charge in [0.2, 0.25) is 0 Å². The van der Waals surface area contributed by atoms with E-state index in [1.807, 2.05) is 6.08 Å². The van der Waals surface area contributed by atoms with Crippen LogP contribution >= 0.6 is 0 Å². The van der Waals surface area contributed by atoms with Crippen LogP contribution in [0.3, 0.4) is 0 Å². The van der Waals surface area contributed by atoms with Gasteiger partial charge in [0.25, 0.3) is 0 Å². The molecule has 0 saturated carbocycles. The summed E-state index contributed by atoms with van der Waals surface area (Å²) in [5, 5.41) is 0. The fourth-order valence-corrected chi connectivity index (χ4v) is 4.08. The second kappa shape index (κ2) is 6.85. The van der Waals surface area contributed by atoms with Gasteiger partial charge in [0.05, 0.1) is 5.66 Å². The van der Waals surface area contributed by atoms with Crippen molar-refractivity contribution in [3.63, 3.8) is 0 Å². The summed E-state index contributed by atoms with van der Waals surface area (Å²) < 4.78 is 0. The molecule has 2 heteroatoms. The van der Waals surface area contributed by atoms with Gasteiger partial charge >= 0.3 is 0 Å². The van der Waals surface area contributed by atoms with Gasteiger partial charge < -0.3 is 11.5 Å². The minimum Gasteiger partial charge on any atom is -0.309 e. The number of allylic oxidation sites excluding steroid dienone is 2. The van der Waals surface area contributed by atoms with Crippen molar-refractivity contribution in [3.05, 3.63) is 53.1 Å². The van der Waals surface area contributed by atoms with E-state index in [-0.39, 0.29) is 5.41 Å². The van der Waals surface area contributed by atoms with E-state index in [2.05, 4.69) is 71.9 Å². The summed E-state index contributed by atoms with van der Waals surface area (Å²) in [6.45, 7) is 13.5. The van der Waals surface area contributed by atoms with E-state index >= 15 is 0 Å². The largest absolute Gasteiger partial charge is 0.309 e. The van der Waals surface area contributed by atoms with Crippen molar-refractivity contribution in [1.29, 1.82) is 0 Å². The minimum atomic E-state index is -0.784. The molecule has 0 unspecified atom stereocenters. The van der Waals surface area contributed by atoms with Crippen molar-refractivity contribution in [3.8, 4) is 0 Å². The van der Waals surface area contributed by atoms with Crippen LogP contribution in [0.4, 0.5) is 0 Å². The zero-order chi connectivity index (χ0) is 18.1. The lowest BCUT2D eigenvalue weighted by atomic mass is 9.67. The molecule has 1 aromatic carbocycles. The third kappa shape index (κ3) is 3.10. The van der Waals surface area contributed by atoms with Crippen LogP contribution in [0.25, 0.3) is 5.57 Å². The van der Waals surface area contributed by atoms with E-state index < -0.39 is 5.66 Å². The Balaban J connectivity index is 2.67. The Labute approximate surface area is 148 Å². The van der Waals surface area contributed by atoms with E-state index in [0.29, 0.717) is 11.8 Å². The third-order valence-electron chi connectivity index (χ3n) is 5.74. The lowest BCUT2D eigenvalue weighted by Gasteiger charge is -2.44. The molecule has 0 radical (unpaired) electrons. The quantitative estimate of drug-likeness (QED) is 0.721. The zero-order valence-corrected chi connectivity index (χ0v) is 16.2. The van der Waals surface area contributed by atoms with Crippen LogP contribution in [-0.2, 0) is 0 Å². The lowest BCUT2D eigenvalue weighted by molar-refractivity contribution is 0.214. The molecule has 0 amide bonds. The smallest absolute Gasteiger partial charge is 0.0924 e. The molecule has 0 bridgehead atoms. The van der Waals surface area contributed by atoms with Crippen LogP contribution in [0.15, 0.2) is 36.4 Å². The molecular weight excluding hydrogens is 292 g/mol. The Hall–Kier alpha value is -1.38. The molecule has 0 fully saturated rings. The van der Waals surface area contributed by atoms with Crippen LogP contribution in [0.1, 0.15) is 82.9 Å². The minimum absolute atomic E-state index is 0.195. The molecule has 132 valence electrons. The van der Waals surface area contributed by atoms with Crippen LogP contribution in [-0.4, -0.2) is 5.66 Å². The fraction of sp³-hybridized carbons (Fsp3) is 0.545. The third-order valence-corrected chi connectivity index (χ3v) is 5.74. The number of benzene rings is 1. The molecule has 4 N–H and O–H groups in total. The van der Waals surface area contributed by atoms with Gasteiger partial charge in [-0.05, 0) is 53.0 Å². The van der Waals surface area contributed by atoms with E-state index in [4.69, 9.17) is 11.5 Å². The van der Waals surface area contributed by atoms with Crippen molar-refractivity contribution in [2.75, 3.05) is 0 Å². The summed E-state index contributed by atoms with van der Waals surface area (Å²) >= 11 is 0. The normalized spacial score (nSPS) is 19.0. The number of nitrogens with two attached hydrogens (primary N) is 2. The Morgan fingerprint density at radius 2 is 1.58 bits per heavy atom. The Morgan fingerprint density at radius 3 is 2.08 bits per heavy atom. The molecule has 24 heavy (non-hydrogen) atoms. The Kier molecular flexibility index (Phi) is 5.41. The van der Waals surface area contributed by atoms with Gasteiger partial charge in [-0.1, -0.05) is 71.9 Å². The summed E-state index contributed by atoms with van der Waals surface area (Å²) in [5.74, 6) is 0.994. The van der Waals surface area contributed by atoms with Crippen LogP contribution in [0.2, 0.25) is 0 Å². The summed E-state index contributed by atoms with van der Waals surface area (Å²) in [7, 11) is 0. The van der Waals surface area contributed by atoms with Gasteiger partial charge in [-0.2, -0.15) is 0 Å². The maximum atomic E-state index is 6.44. The van der Waals surface area contributed by atoms with Gasteiger partial charge in [-0.15, -0.1) is 0 Å². The maximum Gasteiger partial charge on any atom is 0.0924 e. The van der Waals surface area contributed by atoms with Crippen molar-refractivity contribution >= 4 is 5.57 Å². The first-order valence-corrected chi connectivity index (χ1v) is 9.32. The monoisotopic (exact) mass is 326 g/mol. The molecule has 1 aromatic rings. The maximum absolute atomic E-state index is 6.44. The van der Waals surface area contributed by atoms with E-state index in [9.17, 15) is 0 Å². The molecule has 0 aromatic heterocycles. The highest BCUT2D eigenvalue weighted by molar-refractivity contribution is 5.79. The average molecular weight is 327 g/mol. The summed E-state index contributed by atoms with van der Waals surface area (Å²) in [6.07, 6.45) is 8.32. The van der Waals surface area contributed by atoms with Crippen molar-refractivity contribution in [2.24, 2.45) is 16.9 Å². The summed E-state index contributed by atoms with van der Waals surface area (Å²) in [4.78, 5) is 0. The fourth-order valence-electron chi connectivity index (χ4n) is 4.08. The number of hydrogen-bond donors (Lipinski definition) is 2. The lowest BCUT2D eigenvalue weighted by Crippen LogP contribution is -2.61. The first-order chi connectivity index (χ1) is 11.2. The molecule has 0 spiro atoms. The van der Waals surface area contributed by atoms with Gasteiger partial charge in [-0.25, -0.2) is 0 Å². The van der Waals surface area contributed by atoms with Gasteiger partial charge in [0, 0.05) is 5.41 Å². The molecule has 2 nitrogen and oxygen atoms in total. The molecule has 0 aliphatic heterocycles. The first kappa shape index (κ1) is 19.0. The van der Waals surface area contributed by atoms with Crippen LogP contribution in [0, 0.1) is 5.41 Å². The Bertz CT molecular complexity index is 644. The van der Waals surface area contributed by atoms with Crippen molar-refractivity contribution in [2.45, 2.75) is 71.9 Å². The molecule has 0 saturated heterocycles. The number of rotatable bonds is 5. The topological polar surface area (TPSA) is 52.0 Å². The number of hydrogen-bond acceptors (Lipinski definition) is 2. The van der Waals surface area contributed by atoms with E-state index in [1.165, 1.54) is 22.3 Å². The molecule has 1 aliphatic carbocycles. The highest BCUT2D eigenvalue weighted by Gasteiger charge is 2.42. The summed E-state index contributed by atoms with van der Waals surface area (Å²) in [6, 6.07) is 6.69. The highest BCUT2D eigenvalue weighted by atomic mass is 15.0. The highest BCUT2D eigenvalue weighted by Crippen LogP contribution is 2.44. The average Bonchev–Trinajstić information content (AvgIpc) is 2.54. The van der Waals surface area contributed by atoms with Crippen LogP contribution < -0.4 is 11.5 Å². The molecule has 0 heterocycles. The second-order valence-corrected chi connectivity index (χ2v) is 7.85. The van der Waals surface area contributed by atoms with Gasteiger partial charge in [0.1, 0.15) is 0 Å². The first-order valence-electron chi connectivity index (χ1n) is 9.32. The van der Waals surface area contributed by atoms with Crippen molar-refractivity contribution in [1.82, 2.24) is 0 Å². The predicted molar refractivity (Wildman–Crippen MR) is 106 cm³/mol. The molecule has 2 rings (SSSR count). The van der Waals surface area contributed by atoms with Crippen LogP contribution in [0.5, 0.6) is 0 Å². The molecule has 1 aliphatic rings. The molecule has 0 atom stereocenters. The Morgan fingerprint density at radius 1 is 0.958 bits per heavy atom. The SMILES string of the molecule is CCC1(CC)C=C(c2cccc(C(C)C)c2C(C)C)C=CC1(N)N. The predicted octanol–water partition coefficient (Wildman–Crippen LogP) is 5.31. The van der Waals surface area contributed by atoms with Gasteiger partial charge in [-0.3, -0.25) is 0 Å². The zero-order valence-electron chi connectivity index (χ0n) is 16.2. The van der Waals surface area contributed by atoms with E-state index in [1.54, 1.807) is 0 Å².